The first-order chi connectivity index (χ1) is 8.16. The lowest BCUT2D eigenvalue weighted by molar-refractivity contribution is 0.177. The third kappa shape index (κ3) is 3.05. The van der Waals surface area contributed by atoms with Gasteiger partial charge in [-0.25, -0.2) is 4.39 Å². The Morgan fingerprint density at radius 2 is 1.88 bits per heavy atom. The fourth-order valence-electron chi connectivity index (χ4n) is 1.70. The molecule has 88 valence electrons. The number of aliphatic hydroxyl groups excluding tert-OH is 1. The van der Waals surface area contributed by atoms with E-state index in [2.05, 4.69) is 0 Å². The van der Waals surface area contributed by atoms with Crippen LogP contribution in [0.25, 0.3) is 0 Å². The second-order valence-corrected chi connectivity index (χ2v) is 4.30. The van der Waals surface area contributed by atoms with Crippen molar-refractivity contribution in [1.29, 1.82) is 0 Å². The Kier molecular flexibility index (Phi) is 3.77. The quantitative estimate of drug-likeness (QED) is 0.880. The average Bonchev–Trinajstić information content (AvgIpc) is 2.32. The Morgan fingerprint density at radius 3 is 2.59 bits per heavy atom. The van der Waals surface area contributed by atoms with Gasteiger partial charge in [0.05, 0.1) is 6.10 Å². The first-order valence-electron chi connectivity index (χ1n) is 5.34. The van der Waals surface area contributed by atoms with Gasteiger partial charge in [0, 0.05) is 11.4 Å². The Hall–Kier alpha value is -1.38. The summed E-state index contributed by atoms with van der Waals surface area (Å²) >= 11 is 5.84. The second kappa shape index (κ2) is 5.30. The van der Waals surface area contributed by atoms with E-state index in [4.69, 9.17) is 11.6 Å². The van der Waals surface area contributed by atoms with Gasteiger partial charge in [-0.05, 0) is 29.3 Å². The van der Waals surface area contributed by atoms with E-state index in [0.29, 0.717) is 16.1 Å². The maximum atomic E-state index is 13.4. The van der Waals surface area contributed by atoms with Gasteiger partial charge in [0.15, 0.2) is 0 Å². The molecule has 0 heterocycles. The van der Waals surface area contributed by atoms with Gasteiger partial charge in [-0.1, -0.05) is 41.9 Å². The van der Waals surface area contributed by atoms with Crippen LogP contribution in [-0.4, -0.2) is 5.11 Å². The lowest BCUT2D eigenvalue weighted by Gasteiger charge is -2.11. The highest BCUT2D eigenvalue weighted by Gasteiger charge is 2.11. The molecule has 0 saturated carbocycles. The molecule has 0 aliphatic heterocycles. The van der Waals surface area contributed by atoms with Gasteiger partial charge in [0.25, 0.3) is 0 Å². The van der Waals surface area contributed by atoms with Crippen molar-refractivity contribution >= 4 is 11.6 Å². The van der Waals surface area contributed by atoms with Gasteiger partial charge in [-0.2, -0.15) is 0 Å². The molecule has 0 spiro atoms. The molecule has 0 aromatic heterocycles. The number of aliphatic hydroxyl groups is 1. The maximum Gasteiger partial charge on any atom is 0.126 e. The van der Waals surface area contributed by atoms with Crippen LogP contribution < -0.4 is 0 Å². The molecule has 2 aromatic carbocycles. The zero-order valence-electron chi connectivity index (χ0n) is 9.11. The number of rotatable bonds is 3. The van der Waals surface area contributed by atoms with Crippen LogP contribution in [0.5, 0.6) is 0 Å². The first kappa shape index (κ1) is 12.1. The molecule has 1 atom stereocenters. The van der Waals surface area contributed by atoms with Crippen LogP contribution in [0.4, 0.5) is 4.39 Å². The summed E-state index contributed by atoms with van der Waals surface area (Å²) in [5.41, 5.74) is 1.20. The number of benzene rings is 2. The van der Waals surface area contributed by atoms with Crippen molar-refractivity contribution < 1.29 is 9.50 Å². The van der Waals surface area contributed by atoms with E-state index < -0.39 is 6.10 Å². The summed E-state index contributed by atoms with van der Waals surface area (Å²) in [6, 6.07) is 13.4. The fraction of sp³-hybridized carbons (Fsp3) is 0.143. The van der Waals surface area contributed by atoms with E-state index in [9.17, 15) is 9.50 Å². The Labute approximate surface area is 104 Å². The van der Waals surface area contributed by atoms with E-state index in [-0.39, 0.29) is 12.2 Å². The molecule has 1 N–H and O–H groups in total. The molecule has 2 rings (SSSR count). The normalized spacial score (nSPS) is 12.4. The zero-order chi connectivity index (χ0) is 12.3. The third-order valence-corrected chi connectivity index (χ3v) is 2.84. The lowest BCUT2D eigenvalue weighted by Crippen LogP contribution is -2.03. The summed E-state index contributed by atoms with van der Waals surface area (Å²) in [6.07, 6.45) is -0.502. The predicted molar refractivity (Wildman–Crippen MR) is 66.5 cm³/mol. The lowest BCUT2D eigenvalue weighted by atomic mass is 10.0. The number of hydrogen-bond acceptors (Lipinski definition) is 1. The topological polar surface area (TPSA) is 20.2 Å². The van der Waals surface area contributed by atoms with Crippen molar-refractivity contribution in [3.05, 3.63) is 70.5 Å². The van der Waals surface area contributed by atoms with Crippen molar-refractivity contribution in [2.24, 2.45) is 0 Å². The molecule has 0 bridgehead atoms. The van der Waals surface area contributed by atoms with Crippen LogP contribution in [0.1, 0.15) is 17.2 Å². The maximum absolute atomic E-state index is 13.4. The molecule has 2 aromatic rings. The molecule has 3 heteroatoms. The first-order valence-corrected chi connectivity index (χ1v) is 5.71. The summed E-state index contributed by atoms with van der Waals surface area (Å²) in [5, 5.41) is 10.6. The van der Waals surface area contributed by atoms with E-state index in [0.717, 1.165) is 0 Å². The number of halogens is 2. The highest BCUT2D eigenvalue weighted by atomic mass is 35.5. The molecule has 0 radical (unpaired) electrons. The summed E-state index contributed by atoms with van der Waals surface area (Å²) in [5.74, 6) is -0.298. The van der Waals surface area contributed by atoms with Gasteiger partial charge in [0.2, 0.25) is 0 Å². The van der Waals surface area contributed by atoms with Gasteiger partial charge >= 0.3 is 0 Å². The molecular weight excluding hydrogens is 239 g/mol. The van der Waals surface area contributed by atoms with Crippen LogP contribution in [0, 0.1) is 5.82 Å². The van der Waals surface area contributed by atoms with Crippen molar-refractivity contribution in [3.63, 3.8) is 0 Å². The summed E-state index contributed by atoms with van der Waals surface area (Å²) in [7, 11) is 0. The highest BCUT2D eigenvalue weighted by Crippen LogP contribution is 2.22. The Morgan fingerprint density at radius 1 is 1.12 bits per heavy atom. The molecule has 1 nitrogen and oxygen atoms in total. The minimum absolute atomic E-state index is 0.243. The van der Waals surface area contributed by atoms with Crippen LogP contribution >= 0.6 is 11.6 Å². The van der Waals surface area contributed by atoms with Crippen LogP contribution in [0.2, 0.25) is 5.02 Å². The van der Waals surface area contributed by atoms with E-state index in [1.807, 2.05) is 0 Å². The molecular formula is C14H12ClFO. The van der Waals surface area contributed by atoms with Crippen LogP contribution in [0.3, 0.4) is 0 Å². The van der Waals surface area contributed by atoms with Gasteiger partial charge < -0.3 is 5.11 Å². The molecule has 0 aliphatic carbocycles. The molecule has 1 unspecified atom stereocenters. The van der Waals surface area contributed by atoms with Gasteiger partial charge in [-0.15, -0.1) is 0 Å². The molecule has 0 aliphatic rings. The number of hydrogen-bond donors (Lipinski definition) is 1. The van der Waals surface area contributed by atoms with Crippen molar-refractivity contribution in [3.8, 4) is 0 Å². The standard InChI is InChI=1S/C14H12ClFO/c15-12-6-3-5-11(8-12)14(17)9-10-4-1-2-7-13(10)16/h1-8,14,17H,9H2. The molecule has 17 heavy (non-hydrogen) atoms. The Bertz CT molecular complexity index is 513. The summed E-state index contributed by atoms with van der Waals surface area (Å²) in [6.45, 7) is 0. The van der Waals surface area contributed by atoms with Crippen molar-refractivity contribution in [2.45, 2.75) is 12.5 Å². The van der Waals surface area contributed by atoms with E-state index >= 15 is 0 Å². The monoisotopic (exact) mass is 250 g/mol. The van der Waals surface area contributed by atoms with Crippen molar-refractivity contribution in [1.82, 2.24) is 0 Å². The molecule has 0 fully saturated rings. The predicted octanol–water partition coefficient (Wildman–Crippen LogP) is 3.76. The average molecular weight is 251 g/mol. The summed E-state index contributed by atoms with van der Waals surface area (Å²) in [4.78, 5) is 0. The SMILES string of the molecule is OC(Cc1ccccc1F)c1cccc(Cl)c1. The Balaban J connectivity index is 2.17. The minimum Gasteiger partial charge on any atom is -0.388 e. The largest absolute Gasteiger partial charge is 0.388 e. The second-order valence-electron chi connectivity index (χ2n) is 3.87. The molecule has 0 saturated heterocycles. The highest BCUT2D eigenvalue weighted by molar-refractivity contribution is 6.30. The fourth-order valence-corrected chi connectivity index (χ4v) is 1.90. The zero-order valence-corrected chi connectivity index (χ0v) is 9.86. The third-order valence-electron chi connectivity index (χ3n) is 2.60. The van der Waals surface area contributed by atoms with E-state index in [1.165, 1.54) is 6.07 Å². The minimum atomic E-state index is -0.745. The summed E-state index contributed by atoms with van der Waals surface area (Å²) < 4.78 is 13.4. The van der Waals surface area contributed by atoms with E-state index in [1.54, 1.807) is 42.5 Å². The van der Waals surface area contributed by atoms with Crippen LogP contribution in [-0.2, 0) is 6.42 Å². The van der Waals surface area contributed by atoms with Crippen molar-refractivity contribution in [2.75, 3.05) is 0 Å². The smallest absolute Gasteiger partial charge is 0.126 e. The van der Waals surface area contributed by atoms with Gasteiger partial charge in [0.1, 0.15) is 5.82 Å². The van der Waals surface area contributed by atoms with Crippen LogP contribution in [0.15, 0.2) is 48.5 Å². The van der Waals surface area contributed by atoms with Gasteiger partial charge in [-0.3, -0.25) is 0 Å². The molecule has 0 amide bonds.